The van der Waals surface area contributed by atoms with Gasteiger partial charge >= 0.3 is 18.0 Å². The molecule has 2 amide bonds. The molecule has 1 saturated carbocycles. The number of carbonyl (C=O) groups excluding carboxylic acids is 3. The Morgan fingerprint density at radius 3 is 2.71 bits per heavy atom. The Bertz CT molecular complexity index is 738. The first-order valence-electron chi connectivity index (χ1n) is 9.75. The summed E-state index contributed by atoms with van der Waals surface area (Å²) in [6, 6.07) is 2.62. The summed E-state index contributed by atoms with van der Waals surface area (Å²) in [7, 11) is 0. The van der Waals surface area contributed by atoms with E-state index in [0.29, 0.717) is 12.3 Å². The van der Waals surface area contributed by atoms with Crippen LogP contribution in [0.15, 0.2) is 28.8 Å². The predicted octanol–water partition coefficient (Wildman–Crippen LogP) is 3.43. The fourth-order valence-electron chi connectivity index (χ4n) is 3.70. The van der Waals surface area contributed by atoms with Gasteiger partial charge in [-0.05, 0) is 30.7 Å². The maximum Gasteiger partial charge on any atom is 0.338 e. The second-order valence-corrected chi connectivity index (χ2v) is 7.99. The third-order valence-corrected chi connectivity index (χ3v) is 6.02. The lowest BCUT2D eigenvalue weighted by Crippen LogP contribution is -2.46. The van der Waals surface area contributed by atoms with Crippen molar-refractivity contribution in [3.05, 3.63) is 33.7 Å². The lowest BCUT2D eigenvalue weighted by molar-refractivity contribution is -0.144. The van der Waals surface area contributed by atoms with Crippen molar-refractivity contribution in [3.8, 4) is 0 Å². The number of hydrogen-bond donors (Lipinski definition) is 2. The molecule has 1 aliphatic heterocycles. The number of nitrogens with one attached hydrogen (secondary N) is 2. The van der Waals surface area contributed by atoms with E-state index in [-0.39, 0.29) is 30.5 Å². The third-order valence-electron chi connectivity index (χ3n) is 5.09. The molecule has 0 saturated heterocycles. The summed E-state index contributed by atoms with van der Waals surface area (Å²) >= 11 is 1.43. The van der Waals surface area contributed by atoms with Crippen LogP contribution in [0.1, 0.15) is 56.4 Å². The molecular formula is C20H26N2O5S. The van der Waals surface area contributed by atoms with Gasteiger partial charge < -0.3 is 20.1 Å². The van der Waals surface area contributed by atoms with E-state index in [0.717, 1.165) is 11.3 Å². The van der Waals surface area contributed by atoms with E-state index >= 15 is 0 Å². The number of hydrogen-bond acceptors (Lipinski definition) is 6. The SMILES string of the molecule is CCOC(=O)C1=C(COC(=O)CCC2CCCC2)NC(=O)N[C@@H]1c1cccs1. The molecule has 2 N–H and O–H groups in total. The minimum Gasteiger partial charge on any atom is -0.463 e. The first-order chi connectivity index (χ1) is 13.6. The van der Waals surface area contributed by atoms with E-state index in [2.05, 4.69) is 10.6 Å². The van der Waals surface area contributed by atoms with E-state index in [1.807, 2.05) is 17.5 Å². The van der Waals surface area contributed by atoms with Crippen LogP contribution in [0.3, 0.4) is 0 Å². The van der Waals surface area contributed by atoms with Crippen molar-refractivity contribution in [1.82, 2.24) is 10.6 Å². The summed E-state index contributed by atoms with van der Waals surface area (Å²) < 4.78 is 10.5. The van der Waals surface area contributed by atoms with Crippen LogP contribution in [0.4, 0.5) is 4.79 Å². The third kappa shape index (κ3) is 5.13. The molecule has 2 aliphatic rings. The zero-order chi connectivity index (χ0) is 19.9. The highest BCUT2D eigenvalue weighted by atomic mass is 32.1. The average molecular weight is 407 g/mol. The number of thiophene rings is 1. The maximum atomic E-state index is 12.6. The van der Waals surface area contributed by atoms with Crippen molar-refractivity contribution < 1.29 is 23.9 Å². The van der Waals surface area contributed by atoms with Gasteiger partial charge in [0.05, 0.1) is 23.9 Å². The zero-order valence-corrected chi connectivity index (χ0v) is 16.8. The fourth-order valence-corrected chi connectivity index (χ4v) is 4.48. The van der Waals surface area contributed by atoms with Gasteiger partial charge in [0.25, 0.3) is 0 Å². The number of esters is 2. The topological polar surface area (TPSA) is 93.7 Å². The molecule has 0 aromatic carbocycles. The lowest BCUT2D eigenvalue weighted by Gasteiger charge is -2.28. The molecule has 3 rings (SSSR count). The maximum absolute atomic E-state index is 12.6. The normalized spacial score (nSPS) is 19.9. The van der Waals surface area contributed by atoms with Crippen LogP contribution in [0, 0.1) is 5.92 Å². The molecule has 0 spiro atoms. The Kier molecular flexibility index (Phi) is 7.08. The first kappa shape index (κ1) is 20.4. The van der Waals surface area contributed by atoms with Gasteiger partial charge in [0.15, 0.2) is 0 Å². The average Bonchev–Trinajstić information content (AvgIpc) is 3.38. The molecule has 0 radical (unpaired) electrons. The summed E-state index contributed by atoms with van der Waals surface area (Å²) in [5, 5.41) is 7.23. The van der Waals surface area contributed by atoms with Gasteiger partial charge in [-0.15, -0.1) is 11.3 Å². The van der Waals surface area contributed by atoms with Gasteiger partial charge in [-0.1, -0.05) is 31.7 Å². The van der Waals surface area contributed by atoms with E-state index in [1.54, 1.807) is 6.92 Å². The highest BCUT2D eigenvalue weighted by molar-refractivity contribution is 7.10. The number of carbonyl (C=O) groups is 3. The van der Waals surface area contributed by atoms with E-state index in [4.69, 9.17) is 9.47 Å². The number of ether oxygens (including phenoxy) is 2. The minimum absolute atomic E-state index is 0.160. The molecular weight excluding hydrogens is 380 g/mol. The zero-order valence-electron chi connectivity index (χ0n) is 16.0. The highest BCUT2D eigenvalue weighted by Crippen LogP contribution is 2.31. The monoisotopic (exact) mass is 406 g/mol. The molecule has 1 aromatic heterocycles. The quantitative estimate of drug-likeness (QED) is 0.645. The van der Waals surface area contributed by atoms with Crippen molar-refractivity contribution in [3.63, 3.8) is 0 Å². The van der Waals surface area contributed by atoms with Crippen LogP contribution in [0.2, 0.25) is 0 Å². The molecule has 1 aliphatic carbocycles. The lowest BCUT2D eigenvalue weighted by atomic mass is 10.0. The van der Waals surface area contributed by atoms with Gasteiger partial charge in [-0.3, -0.25) is 4.79 Å². The summed E-state index contributed by atoms with van der Waals surface area (Å²) in [5.41, 5.74) is 0.544. The molecule has 152 valence electrons. The number of urea groups is 1. The second-order valence-electron chi connectivity index (χ2n) is 7.01. The van der Waals surface area contributed by atoms with E-state index in [9.17, 15) is 14.4 Å². The molecule has 28 heavy (non-hydrogen) atoms. The Morgan fingerprint density at radius 2 is 2.04 bits per heavy atom. The summed E-state index contributed by atoms with van der Waals surface area (Å²) in [4.78, 5) is 37.6. The van der Waals surface area contributed by atoms with Gasteiger partial charge in [0, 0.05) is 11.3 Å². The Balaban J connectivity index is 1.71. The first-order valence-corrected chi connectivity index (χ1v) is 10.6. The summed E-state index contributed by atoms with van der Waals surface area (Å²) in [5.74, 6) is -0.253. The van der Waals surface area contributed by atoms with Crippen LogP contribution in [0.5, 0.6) is 0 Å². The Labute approximate surface area is 168 Å². The van der Waals surface area contributed by atoms with E-state index in [1.165, 1.54) is 37.0 Å². The van der Waals surface area contributed by atoms with Crippen LogP contribution in [-0.4, -0.2) is 31.2 Å². The standard InChI is InChI=1S/C20H26N2O5S/c1-2-26-19(24)17-14(12-27-16(23)10-9-13-6-3-4-7-13)21-20(25)22-18(17)15-8-5-11-28-15/h5,8,11,13,18H,2-4,6-7,9-10,12H2,1H3,(H2,21,22,25)/t18-/m1/s1. The van der Waals surface area contributed by atoms with Crippen LogP contribution < -0.4 is 10.6 Å². The molecule has 0 unspecified atom stereocenters. The molecule has 0 bridgehead atoms. The van der Waals surface area contributed by atoms with Gasteiger partial charge in [0.1, 0.15) is 6.61 Å². The van der Waals surface area contributed by atoms with Gasteiger partial charge in [0.2, 0.25) is 0 Å². The summed E-state index contributed by atoms with van der Waals surface area (Å²) in [6.07, 6.45) is 6.00. The summed E-state index contributed by atoms with van der Waals surface area (Å²) in [6.45, 7) is 1.77. The molecule has 8 heteroatoms. The van der Waals surface area contributed by atoms with Crippen molar-refractivity contribution in [2.45, 2.75) is 51.5 Å². The fraction of sp³-hybridized carbons (Fsp3) is 0.550. The highest BCUT2D eigenvalue weighted by Gasteiger charge is 2.34. The van der Waals surface area contributed by atoms with Gasteiger partial charge in [-0.25, -0.2) is 9.59 Å². The number of rotatable bonds is 8. The molecule has 7 nitrogen and oxygen atoms in total. The Morgan fingerprint density at radius 1 is 1.25 bits per heavy atom. The van der Waals surface area contributed by atoms with Crippen molar-refractivity contribution in [2.24, 2.45) is 5.92 Å². The largest absolute Gasteiger partial charge is 0.463 e. The molecule has 1 atom stereocenters. The van der Waals surface area contributed by atoms with E-state index < -0.39 is 18.0 Å². The van der Waals surface area contributed by atoms with Gasteiger partial charge in [-0.2, -0.15) is 0 Å². The van der Waals surface area contributed by atoms with Crippen LogP contribution >= 0.6 is 11.3 Å². The second kappa shape index (κ2) is 9.73. The minimum atomic E-state index is -0.625. The van der Waals surface area contributed by atoms with Crippen molar-refractivity contribution in [2.75, 3.05) is 13.2 Å². The smallest absolute Gasteiger partial charge is 0.338 e. The molecule has 2 heterocycles. The van der Waals surface area contributed by atoms with Crippen molar-refractivity contribution >= 4 is 29.3 Å². The molecule has 1 fully saturated rings. The Hall–Kier alpha value is -2.35. The van der Waals surface area contributed by atoms with Crippen LogP contribution in [0.25, 0.3) is 0 Å². The molecule has 1 aromatic rings. The predicted molar refractivity (Wildman–Crippen MR) is 105 cm³/mol. The van der Waals surface area contributed by atoms with Crippen LogP contribution in [-0.2, 0) is 19.1 Å². The number of amides is 2. The van der Waals surface area contributed by atoms with Crippen molar-refractivity contribution in [1.29, 1.82) is 0 Å².